The minimum Gasteiger partial charge on any atom is -0.294 e. The van der Waals surface area contributed by atoms with Gasteiger partial charge in [0.25, 0.3) is 0 Å². The summed E-state index contributed by atoms with van der Waals surface area (Å²) in [6.07, 6.45) is 5.95. The van der Waals surface area contributed by atoms with Crippen LogP contribution in [0.4, 0.5) is 0 Å². The van der Waals surface area contributed by atoms with E-state index in [1.54, 1.807) is 0 Å². The van der Waals surface area contributed by atoms with Crippen molar-refractivity contribution in [3.8, 4) is 11.4 Å². The molecule has 0 amide bonds. The van der Waals surface area contributed by atoms with Crippen LogP contribution in [-0.2, 0) is 0 Å². The van der Waals surface area contributed by atoms with Crippen molar-refractivity contribution in [3.63, 3.8) is 0 Å². The highest BCUT2D eigenvalue weighted by molar-refractivity contribution is 5.53. The van der Waals surface area contributed by atoms with Crippen LogP contribution in [-0.4, -0.2) is 15.0 Å². The minimum absolute atomic E-state index is 0.297. The molecule has 21 heavy (non-hydrogen) atoms. The van der Waals surface area contributed by atoms with Crippen molar-refractivity contribution in [1.29, 1.82) is 0 Å². The van der Waals surface area contributed by atoms with Gasteiger partial charge in [-0.2, -0.15) is 4.98 Å². The average Bonchev–Trinajstić information content (AvgIpc) is 2.58. The van der Waals surface area contributed by atoms with Crippen LogP contribution in [0.15, 0.2) is 35.1 Å². The first-order valence-corrected chi connectivity index (χ1v) is 7.86. The van der Waals surface area contributed by atoms with Crippen molar-refractivity contribution in [2.24, 2.45) is 0 Å². The van der Waals surface area contributed by atoms with Gasteiger partial charge in [0.2, 0.25) is 0 Å². The summed E-state index contributed by atoms with van der Waals surface area (Å²) >= 11 is 0. The number of hydrogen-bond acceptors (Lipinski definition) is 3. The van der Waals surface area contributed by atoms with Crippen molar-refractivity contribution >= 4 is 0 Å². The molecule has 1 aliphatic carbocycles. The van der Waals surface area contributed by atoms with E-state index >= 15 is 0 Å². The SMILES string of the molecule is CC.O=c1nc(-c2ccccc2)nc(C2CCCCC2)[nH]1. The second-order valence-corrected chi connectivity index (χ2v) is 5.06. The first-order valence-electron chi connectivity index (χ1n) is 7.86. The monoisotopic (exact) mass is 285 g/mol. The molecule has 1 heterocycles. The zero-order valence-electron chi connectivity index (χ0n) is 12.8. The molecule has 4 heteroatoms. The topological polar surface area (TPSA) is 58.6 Å². The molecule has 0 aliphatic heterocycles. The number of nitrogens with zero attached hydrogens (tertiary/aromatic N) is 2. The summed E-state index contributed by atoms with van der Waals surface area (Å²) in [7, 11) is 0. The van der Waals surface area contributed by atoms with E-state index in [2.05, 4.69) is 15.0 Å². The van der Waals surface area contributed by atoms with Gasteiger partial charge in [-0.1, -0.05) is 63.4 Å². The lowest BCUT2D eigenvalue weighted by Gasteiger charge is -2.20. The lowest BCUT2D eigenvalue weighted by atomic mass is 9.89. The Morgan fingerprint density at radius 3 is 2.33 bits per heavy atom. The summed E-state index contributed by atoms with van der Waals surface area (Å²) in [4.78, 5) is 23.1. The molecule has 1 fully saturated rings. The van der Waals surface area contributed by atoms with Gasteiger partial charge in [-0.05, 0) is 12.8 Å². The third kappa shape index (κ3) is 4.00. The summed E-state index contributed by atoms with van der Waals surface area (Å²) in [5, 5.41) is 0. The molecule has 4 nitrogen and oxygen atoms in total. The summed E-state index contributed by atoms with van der Waals surface area (Å²) in [5.41, 5.74) is 0.597. The fraction of sp³-hybridized carbons (Fsp3) is 0.471. The molecule has 0 atom stereocenters. The van der Waals surface area contributed by atoms with Crippen LogP contribution in [0, 0.1) is 0 Å². The Morgan fingerprint density at radius 1 is 1.00 bits per heavy atom. The van der Waals surface area contributed by atoms with Crippen LogP contribution >= 0.6 is 0 Å². The molecule has 1 saturated carbocycles. The van der Waals surface area contributed by atoms with E-state index in [1.165, 1.54) is 19.3 Å². The molecule has 0 bridgehead atoms. The van der Waals surface area contributed by atoms with Crippen molar-refractivity contribution in [2.75, 3.05) is 0 Å². The van der Waals surface area contributed by atoms with E-state index in [0.29, 0.717) is 11.7 Å². The molecule has 1 aliphatic rings. The van der Waals surface area contributed by atoms with Crippen LogP contribution in [0.5, 0.6) is 0 Å². The highest BCUT2D eigenvalue weighted by Crippen LogP contribution is 2.30. The summed E-state index contributed by atoms with van der Waals surface area (Å²) in [6, 6.07) is 9.66. The Kier molecular flexibility index (Phi) is 5.67. The standard InChI is InChI=1S/C15H17N3O.C2H6/c19-15-17-13(11-7-3-1-4-8-11)16-14(18-15)12-9-5-2-6-10-12;1-2/h1,3-4,7-8,12H,2,5-6,9-10H2,(H,16,17,18,19);1-2H3. The van der Waals surface area contributed by atoms with Crippen LogP contribution in [0.25, 0.3) is 11.4 Å². The van der Waals surface area contributed by atoms with Gasteiger partial charge in [-0.25, -0.2) is 9.78 Å². The Balaban J connectivity index is 0.000000774. The molecular formula is C17H23N3O. The maximum Gasteiger partial charge on any atom is 0.348 e. The van der Waals surface area contributed by atoms with E-state index in [-0.39, 0.29) is 5.69 Å². The molecule has 0 saturated heterocycles. The molecule has 0 radical (unpaired) electrons. The predicted octanol–water partition coefficient (Wildman–Crippen LogP) is 3.91. The zero-order valence-corrected chi connectivity index (χ0v) is 12.8. The first kappa shape index (κ1) is 15.4. The maximum absolute atomic E-state index is 11.7. The quantitative estimate of drug-likeness (QED) is 0.910. The Hall–Kier alpha value is -1.97. The summed E-state index contributed by atoms with van der Waals surface area (Å²) in [5.74, 6) is 1.72. The van der Waals surface area contributed by atoms with Gasteiger partial charge in [-0.3, -0.25) is 4.98 Å². The van der Waals surface area contributed by atoms with E-state index in [0.717, 1.165) is 24.2 Å². The molecule has 2 aromatic rings. The molecule has 1 aromatic heterocycles. The number of aromatic amines is 1. The number of rotatable bonds is 2. The molecule has 112 valence electrons. The zero-order chi connectivity index (χ0) is 15.1. The normalized spacial score (nSPS) is 15.1. The van der Waals surface area contributed by atoms with E-state index in [1.807, 2.05) is 44.2 Å². The third-order valence-electron chi connectivity index (χ3n) is 3.69. The Bertz CT molecular complexity index is 601. The van der Waals surface area contributed by atoms with Gasteiger partial charge in [0.15, 0.2) is 5.82 Å². The van der Waals surface area contributed by atoms with Crippen LogP contribution in [0.2, 0.25) is 0 Å². The number of hydrogen-bond donors (Lipinski definition) is 1. The van der Waals surface area contributed by atoms with Gasteiger partial charge < -0.3 is 0 Å². The minimum atomic E-state index is -0.297. The maximum atomic E-state index is 11.7. The molecule has 0 spiro atoms. The summed E-state index contributed by atoms with van der Waals surface area (Å²) < 4.78 is 0. The smallest absolute Gasteiger partial charge is 0.294 e. The fourth-order valence-corrected chi connectivity index (χ4v) is 2.69. The second kappa shape index (κ2) is 7.72. The Labute approximate surface area is 125 Å². The molecule has 1 aromatic carbocycles. The van der Waals surface area contributed by atoms with Gasteiger partial charge >= 0.3 is 5.69 Å². The predicted molar refractivity (Wildman–Crippen MR) is 85.3 cm³/mol. The largest absolute Gasteiger partial charge is 0.348 e. The highest BCUT2D eigenvalue weighted by Gasteiger charge is 2.18. The van der Waals surface area contributed by atoms with Crippen molar-refractivity contribution < 1.29 is 0 Å². The van der Waals surface area contributed by atoms with Crippen LogP contribution in [0.1, 0.15) is 57.7 Å². The molecule has 0 unspecified atom stereocenters. The number of H-pyrrole nitrogens is 1. The molecule has 3 rings (SSSR count). The molecule has 1 N–H and O–H groups in total. The van der Waals surface area contributed by atoms with E-state index < -0.39 is 0 Å². The lowest BCUT2D eigenvalue weighted by molar-refractivity contribution is 0.427. The first-order chi connectivity index (χ1) is 10.3. The van der Waals surface area contributed by atoms with Crippen LogP contribution in [0.3, 0.4) is 0 Å². The van der Waals surface area contributed by atoms with Gasteiger partial charge in [0, 0.05) is 11.5 Å². The number of aromatic nitrogens is 3. The van der Waals surface area contributed by atoms with E-state index in [9.17, 15) is 4.79 Å². The Morgan fingerprint density at radius 2 is 1.67 bits per heavy atom. The second-order valence-electron chi connectivity index (χ2n) is 5.06. The highest BCUT2D eigenvalue weighted by atomic mass is 16.1. The van der Waals surface area contributed by atoms with Gasteiger partial charge in [0.05, 0.1) is 0 Å². The fourth-order valence-electron chi connectivity index (χ4n) is 2.69. The average molecular weight is 285 g/mol. The van der Waals surface area contributed by atoms with Crippen molar-refractivity contribution in [2.45, 2.75) is 51.9 Å². The van der Waals surface area contributed by atoms with Crippen LogP contribution < -0.4 is 5.69 Å². The van der Waals surface area contributed by atoms with Crippen molar-refractivity contribution in [1.82, 2.24) is 15.0 Å². The van der Waals surface area contributed by atoms with E-state index in [4.69, 9.17) is 0 Å². The van der Waals surface area contributed by atoms with Gasteiger partial charge in [-0.15, -0.1) is 0 Å². The van der Waals surface area contributed by atoms with Gasteiger partial charge in [0.1, 0.15) is 5.82 Å². The number of benzene rings is 1. The number of nitrogens with one attached hydrogen (secondary N) is 1. The molecular weight excluding hydrogens is 262 g/mol. The van der Waals surface area contributed by atoms with Crippen molar-refractivity contribution in [3.05, 3.63) is 46.6 Å². The third-order valence-corrected chi connectivity index (χ3v) is 3.69. The summed E-state index contributed by atoms with van der Waals surface area (Å²) in [6.45, 7) is 4.00. The lowest BCUT2D eigenvalue weighted by Crippen LogP contribution is -2.19.